The van der Waals surface area contributed by atoms with E-state index in [-0.39, 0.29) is 11.3 Å². The molecular weight excluding hydrogens is 282 g/mol. The number of hydrogen-bond donors (Lipinski definition) is 0. The Hall–Kier alpha value is -1.76. The highest BCUT2D eigenvalue weighted by atomic mass is 32.1. The quantitative estimate of drug-likeness (QED) is 0.636. The van der Waals surface area contributed by atoms with Gasteiger partial charge in [-0.1, -0.05) is 12.1 Å². The Bertz CT molecular complexity index is 606. The molecule has 0 saturated carbocycles. The van der Waals surface area contributed by atoms with Gasteiger partial charge in [0.2, 0.25) is 0 Å². The third-order valence-corrected chi connectivity index (χ3v) is 3.36. The van der Waals surface area contributed by atoms with Crippen LogP contribution < -0.4 is 0 Å². The second-order valence-corrected chi connectivity index (χ2v) is 4.79. The van der Waals surface area contributed by atoms with Gasteiger partial charge < -0.3 is 0 Å². The van der Waals surface area contributed by atoms with Crippen LogP contribution in [0.1, 0.15) is 20.2 Å². The van der Waals surface area contributed by atoms with E-state index in [1.165, 1.54) is 24.3 Å². The molecule has 0 aliphatic rings. The molecule has 0 bridgehead atoms. The van der Waals surface area contributed by atoms with Crippen molar-refractivity contribution in [1.29, 1.82) is 0 Å². The minimum atomic E-state index is -4.55. The van der Waals surface area contributed by atoms with Crippen molar-refractivity contribution >= 4 is 17.1 Å². The van der Waals surface area contributed by atoms with Gasteiger partial charge in [-0.05, 0) is 17.7 Å². The zero-order valence-corrected chi connectivity index (χ0v) is 10.2. The first-order valence-electron chi connectivity index (χ1n) is 5.17. The second kappa shape index (κ2) is 5.08. The first-order chi connectivity index (χ1) is 8.86. The molecule has 0 aliphatic carbocycles. The summed E-state index contributed by atoms with van der Waals surface area (Å²) in [5, 5.41) is -1.06. The number of Topliss-reactive ketones (excluding diaryl/α,β-unsaturated/α-hetero) is 1. The molecule has 0 spiro atoms. The summed E-state index contributed by atoms with van der Waals surface area (Å²) in [5.74, 6) is -1.01. The zero-order valence-electron chi connectivity index (χ0n) is 9.37. The molecular formula is C12H7F4NOS. The van der Waals surface area contributed by atoms with Crippen molar-refractivity contribution in [2.45, 2.75) is 12.6 Å². The highest BCUT2D eigenvalue weighted by Gasteiger charge is 2.35. The predicted molar refractivity (Wildman–Crippen MR) is 61.6 cm³/mol. The average Bonchev–Trinajstić information content (AvgIpc) is 2.77. The minimum absolute atomic E-state index is 0.0865. The molecule has 2 aromatic rings. The van der Waals surface area contributed by atoms with Crippen LogP contribution in [0.5, 0.6) is 0 Å². The molecule has 1 heterocycles. The highest BCUT2D eigenvalue weighted by molar-refractivity contribution is 7.13. The lowest BCUT2D eigenvalue weighted by Gasteiger charge is -2.00. The summed E-state index contributed by atoms with van der Waals surface area (Å²) < 4.78 is 49.9. The lowest BCUT2D eigenvalue weighted by Crippen LogP contribution is -2.03. The Labute approximate surface area is 109 Å². The lowest BCUT2D eigenvalue weighted by atomic mass is 10.1. The number of thiazole rings is 1. The van der Waals surface area contributed by atoms with Crippen LogP contribution in [-0.4, -0.2) is 10.8 Å². The smallest absolute Gasteiger partial charge is 0.293 e. The van der Waals surface area contributed by atoms with Crippen molar-refractivity contribution in [3.63, 3.8) is 0 Å². The molecule has 0 amide bonds. The number of alkyl halides is 3. The van der Waals surface area contributed by atoms with Crippen molar-refractivity contribution in [2.24, 2.45) is 0 Å². The topological polar surface area (TPSA) is 30.0 Å². The van der Waals surface area contributed by atoms with E-state index in [0.29, 0.717) is 16.9 Å². The van der Waals surface area contributed by atoms with Crippen molar-refractivity contribution in [3.8, 4) is 0 Å². The summed E-state index contributed by atoms with van der Waals surface area (Å²) in [6, 6.07) is 5.37. The normalized spacial score (nSPS) is 11.6. The Morgan fingerprint density at radius 1 is 1.32 bits per heavy atom. The molecule has 7 heteroatoms. The number of aromatic nitrogens is 1. The van der Waals surface area contributed by atoms with Crippen LogP contribution in [-0.2, 0) is 12.6 Å². The van der Waals surface area contributed by atoms with Gasteiger partial charge in [0.15, 0.2) is 10.8 Å². The van der Waals surface area contributed by atoms with Crippen molar-refractivity contribution in [3.05, 3.63) is 51.7 Å². The summed E-state index contributed by atoms with van der Waals surface area (Å²) >= 11 is 0.292. The molecule has 2 nitrogen and oxygen atoms in total. The maximum Gasteiger partial charge on any atom is 0.443 e. The van der Waals surface area contributed by atoms with Gasteiger partial charge in [0, 0.05) is 12.6 Å². The summed E-state index contributed by atoms with van der Waals surface area (Å²) in [6.07, 6.45) is -3.81. The fourth-order valence-electron chi connectivity index (χ4n) is 1.45. The third kappa shape index (κ3) is 3.37. The van der Waals surface area contributed by atoms with E-state index in [0.717, 1.165) is 6.20 Å². The second-order valence-electron chi connectivity index (χ2n) is 3.76. The molecule has 19 heavy (non-hydrogen) atoms. The van der Waals surface area contributed by atoms with Crippen LogP contribution in [0.3, 0.4) is 0 Å². The third-order valence-electron chi connectivity index (χ3n) is 2.28. The first-order valence-corrected chi connectivity index (χ1v) is 5.98. The molecule has 1 aromatic carbocycles. The molecule has 0 atom stereocenters. The van der Waals surface area contributed by atoms with Gasteiger partial charge in [-0.25, -0.2) is 9.37 Å². The van der Waals surface area contributed by atoms with Crippen molar-refractivity contribution in [1.82, 2.24) is 4.98 Å². The minimum Gasteiger partial charge on any atom is -0.293 e. The molecule has 100 valence electrons. The van der Waals surface area contributed by atoms with Crippen LogP contribution in [0.4, 0.5) is 17.6 Å². The summed E-state index contributed by atoms with van der Waals surface area (Å²) in [4.78, 5) is 14.8. The van der Waals surface area contributed by atoms with E-state index in [2.05, 4.69) is 4.98 Å². The predicted octanol–water partition coefficient (Wildman–Crippen LogP) is 3.73. The molecule has 0 aliphatic heterocycles. The van der Waals surface area contributed by atoms with Crippen LogP contribution in [0.25, 0.3) is 0 Å². The van der Waals surface area contributed by atoms with Crippen molar-refractivity contribution in [2.75, 3.05) is 0 Å². The van der Waals surface area contributed by atoms with Gasteiger partial charge in [0.1, 0.15) is 5.82 Å². The van der Waals surface area contributed by atoms with E-state index in [4.69, 9.17) is 0 Å². The number of rotatable bonds is 3. The molecule has 0 N–H and O–H groups in total. The molecule has 0 saturated heterocycles. The number of carbonyl (C=O) groups is 1. The van der Waals surface area contributed by atoms with Gasteiger partial charge in [-0.15, -0.1) is 11.3 Å². The highest BCUT2D eigenvalue weighted by Crippen LogP contribution is 2.32. The molecule has 0 radical (unpaired) electrons. The Morgan fingerprint density at radius 3 is 2.63 bits per heavy atom. The van der Waals surface area contributed by atoms with Crippen molar-refractivity contribution < 1.29 is 22.4 Å². The van der Waals surface area contributed by atoms with Crippen LogP contribution >= 0.6 is 11.3 Å². The maximum atomic E-state index is 12.9. The number of halogens is 4. The molecule has 0 fully saturated rings. The summed E-state index contributed by atoms with van der Waals surface area (Å²) in [6.45, 7) is 0. The van der Waals surface area contributed by atoms with Gasteiger partial charge in [0.05, 0.1) is 4.88 Å². The molecule has 2 rings (SSSR count). The van der Waals surface area contributed by atoms with E-state index in [9.17, 15) is 22.4 Å². The van der Waals surface area contributed by atoms with E-state index >= 15 is 0 Å². The van der Waals surface area contributed by atoms with Gasteiger partial charge in [-0.3, -0.25) is 4.79 Å². The zero-order chi connectivity index (χ0) is 14.0. The van der Waals surface area contributed by atoms with Crippen LogP contribution in [0, 0.1) is 5.82 Å². The monoisotopic (exact) mass is 289 g/mol. The summed E-state index contributed by atoms with van der Waals surface area (Å²) in [5.41, 5.74) is 0.409. The number of carbonyl (C=O) groups excluding carboxylic acids is 1. The Kier molecular flexibility index (Phi) is 3.66. The SMILES string of the molecule is O=C(Cc1cccc(F)c1)c1cnc(C(F)(F)F)s1. The van der Waals surface area contributed by atoms with Gasteiger partial charge in [-0.2, -0.15) is 13.2 Å². The number of ketones is 1. The number of nitrogens with zero attached hydrogens (tertiary/aromatic N) is 1. The fourth-order valence-corrected chi connectivity index (χ4v) is 2.17. The average molecular weight is 289 g/mol. The fraction of sp³-hybridized carbons (Fsp3) is 0.167. The molecule has 0 unspecified atom stereocenters. The van der Waals surface area contributed by atoms with E-state index in [1.807, 2.05) is 0 Å². The Morgan fingerprint density at radius 2 is 2.05 bits per heavy atom. The standard InChI is InChI=1S/C12H7F4NOS/c13-8-3-1-2-7(4-8)5-9(18)10-6-17-11(19-10)12(14,15)16/h1-4,6H,5H2. The van der Waals surface area contributed by atoms with E-state index in [1.54, 1.807) is 0 Å². The van der Waals surface area contributed by atoms with Gasteiger partial charge in [0.25, 0.3) is 0 Å². The maximum absolute atomic E-state index is 12.9. The largest absolute Gasteiger partial charge is 0.443 e. The Balaban J connectivity index is 2.14. The van der Waals surface area contributed by atoms with Gasteiger partial charge >= 0.3 is 6.18 Å². The summed E-state index contributed by atoms with van der Waals surface area (Å²) in [7, 11) is 0. The lowest BCUT2D eigenvalue weighted by molar-refractivity contribution is -0.137. The first kappa shape index (κ1) is 13.7. The number of benzene rings is 1. The van der Waals surface area contributed by atoms with E-state index < -0.39 is 22.8 Å². The van der Waals surface area contributed by atoms with Crippen LogP contribution in [0.15, 0.2) is 30.5 Å². The molecule has 1 aromatic heterocycles. The number of hydrogen-bond acceptors (Lipinski definition) is 3. The van der Waals surface area contributed by atoms with Crippen LogP contribution in [0.2, 0.25) is 0 Å².